The topological polar surface area (TPSA) is 82.0 Å². The summed E-state index contributed by atoms with van der Waals surface area (Å²) in [4.78, 5) is 26.4. The Balaban J connectivity index is 2.03. The van der Waals surface area contributed by atoms with Crippen LogP contribution in [0.3, 0.4) is 0 Å². The Hall–Kier alpha value is -2.94. The molecule has 7 nitrogen and oxygen atoms in total. The standard InChI is InChI=1S/C22H18Cl2N3O4S/c1-2-25-11-3-4-15(13-25)14-26-20-12-17(24)7-10-19(20)21(28)27(22(26)29)32(30,31)18-8-5-16(23)6-9-18/h3-13H,2,14H2,1H3/q+1. The van der Waals surface area contributed by atoms with E-state index < -0.39 is 21.3 Å². The number of fused-ring (bicyclic) bond motifs is 1. The van der Waals surface area contributed by atoms with Gasteiger partial charge in [-0.2, -0.15) is 0 Å². The molecule has 2 aromatic carbocycles. The third-order valence-corrected chi connectivity index (χ3v) is 7.20. The van der Waals surface area contributed by atoms with Crippen LogP contribution in [0, 0.1) is 0 Å². The molecule has 32 heavy (non-hydrogen) atoms. The minimum atomic E-state index is -4.47. The number of hydrogen-bond donors (Lipinski definition) is 0. The first-order valence-corrected chi connectivity index (χ1v) is 11.9. The van der Waals surface area contributed by atoms with Gasteiger partial charge in [0.15, 0.2) is 12.4 Å². The number of hydrogen-bond acceptors (Lipinski definition) is 4. The molecule has 164 valence electrons. The Morgan fingerprint density at radius 3 is 2.34 bits per heavy atom. The predicted molar refractivity (Wildman–Crippen MR) is 123 cm³/mol. The van der Waals surface area contributed by atoms with Crippen LogP contribution in [0.15, 0.2) is 81.5 Å². The Morgan fingerprint density at radius 1 is 0.969 bits per heavy atom. The summed E-state index contributed by atoms with van der Waals surface area (Å²) in [6.45, 7) is 2.75. The summed E-state index contributed by atoms with van der Waals surface area (Å²) >= 11 is 12.0. The van der Waals surface area contributed by atoms with Crippen molar-refractivity contribution in [2.75, 3.05) is 0 Å². The van der Waals surface area contributed by atoms with E-state index >= 15 is 0 Å². The van der Waals surface area contributed by atoms with Crippen LogP contribution in [-0.4, -0.2) is 17.0 Å². The van der Waals surface area contributed by atoms with E-state index in [0.717, 1.165) is 12.1 Å². The molecule has 2 aromatic heterocycles. The number of pyridine rings is 1. The van der Waals surface area contributed by atoms with Gasteiger partial charge in [0.05, 0.1) is 22.3 Å². The van der Waals surface area contributed by atoms with Gasteiger partial charge in [0.1, 0.15) is 6.54 Å². The molecule has 0 saturated carbocycles. The first kappa shape index (κ1) is 22.3. The summed E-state index contributed by atoms with van der Waals surface area (Å²) in [6.07, 6.45) is 3.74. The van der Waals surface area contributed by atoms with Crippen LogP contribution in [0.25, 0.3) is 10.9 Å². The second-order valence-electron chi connectivity index (χ2n) is 7.10. The molecule has 0 N–H and O–H groups in total. The Bertz CT molecular complexity index is 1560. The Kier molecular flexibility index (Phi) is 5.94. The minimum absolute atomic E-state index is 0.0485. The lowest BCUT2D eigenvalue weighted by molar-refractivity contribution is -0.694. The van der Waals surface area contributed by atoms with Crippen molar-refractivity contribution < 1.29 is 13.0 Å². The lowest BCUT2D eigenvalue weighted by Gasteiger charge is -2.14. The maximum atomic E-state index is 13.4. The fraction of sp³-hybridized carbons (Fsp3) is 0.136. The molecule has 0 unspecified atom stereocenters. The van der Waals surface area contributed by atoms with Gasteiger partial charge < -0.3 is 0 Å². The first-order chi connectivity index (χ1) is 15.2. The third kappa shape index (κ3) is 3.97. The molecule has 0 spiro atoms. The van der Waals surface area contributed by atoms with Crippen molar-refractivity contribution >= 4 is 44.1 Å². The van der Waals surface area contributed by atoms with Crippen molar-refractivity contribution in [1.29, 1.82) is 0 Å². The zero-order chi connectivity index (χ0) is 23.0. The molecule has 0 amide bonds. The summed E-state index contributed by atoms with van der Waals surface area (Å²) in [5, 5.41) is 0.709. The van der Waals surface area contributed by atoms with Crippen molar-refractivity contribution in [3.8, 4) is 0 Å². The highest BCUT2D eigenvalue weighted by atomic mass is 35.5. The second-order valence-corrected chi connectivity index (χ2v) is 9.76. The van der Waals surface area contributed by atoms with Crippen LogP contribution in [0.2, 0.25) is 10.0 Å². The van der Waals surface area contributed by atoms with Gasteiger partial charge in [-0.1, -0.05) is 23.2 Å². The van der Waals surface area contributed by atoms with Crippen molar-refractivity contribution in [2.45, 2.75) is 24.9 Å². The highest BCUT2D eigenvalue weighted by molar-refractivity contribution is 7.90. The molecule has 2 heterocycles. The highest BCUT2D eigenvalue weighted by Gasteiger charge is 2.25. The fourth-order valence-electron chi connectivity index (χ4n) is 3.44. The van der Waals surface area contributed by atoms with E-state index in [1.54, 1.807) is 0 Å². The lowest BCUT2D eigenvalue weighted by atomic mass is 10.2. The zero-order valence-electron chi connectivity index (χ0n) is 16.9. The molecule has 0 atom stereocenters. The molecule has 0 aliphatic rings. The van der Waals surface area contributed by atoms with Gasteiger partial charge in [-0.15, -0.1) is 3.97 Å². The molecule has 0 aliphatic heterocycles. The number of aryl methyl sites for hydroxylation is 1. The normalized spacial score (nSPS) is 11.7. The Morgan fingerprint density at radius 2 is 1.66 bits per heavy atom. The third-order valence-electron chi connectivity index (χ3n) is 5.05. The smallest absolute Gasteiger partial charge is 0.288 e. The maximum Gasteiger partial charge on any atom is 0.346 e. The second kappa shape index (κ2) is 8.54. The van der Waals surface area contributed by atoms with Crippen LogP contribution < -0.4 is 15.8 Å². The quantitative estimate of drug-likeness (QED) is 0.402. The monoisotopic (exact) mass is 490 g/mol. The molecule has 0 saturated heterocycles. The van der Waals surface area contributed by atoms with Gasteiger partial charge in [0.25, 0.3) is 15.6 Å². The van der Waals surface area contributed by atoms with E-state index in [1.807, 2.05) is 36.0 Å². The summed E-state index contributed by atoms with van der Waals surface area (Å²) in [5.41, 5.74) is -0.912. The molecule has 0 aliphatic carbocycles. The summed E-state index contributed by atoms with van der Waals surface area (Å²) in [7, 11) is -4.47. The van der Waals surface area contributed by atoms with Gasteiger partial charge in [-0.25, -0.2) is 17.8 Å². The largest absolute Gasteiger partial charge is 0.346 e. The SMILES string of the molecule is CC[n+]1cccc(Cn2c(=O)n(S(=O)(=O)c3ccc(Cl)cc3)c(=O)c3ccc(Cl)cc32)c1. The lowest BCUT2D eigenvalue weighted by Crippen LogP contribution is -2.44. The van der Waals surface area contributed by atoms with Gasteiger partial charge in [0, 0.05) is 21.7 Å². The van der Waals surface area contributed by atoms with Gasteiger partial charge in [0.2, 0.25) is 0 Å². The predicted octanol–water partition coefficient (Wildman–Crippen LogP) is 3.06. The summed E-state index contributed by atoms with van der Waals surface area (Å²) in [6, 6.07) is 13.3. The first-order valence-electron chi connectivity index (χ1n) is 9.66. The van der Waals surface area contributed by atoms with E-state index in [-0.39, 0.29) is 22.3 Å². The number of nitrogens with zero attached hydrogens (tertiary/aromatic N) is 3. The van der Waals surface area contributed by atoms with E-state index in [1.165, 1.54) is 47.0 Å². The molecule has 0 bridgehead atoms. The molecule has 4 rings (SSSR count). The summed E-state index contributed by atoms with van der Waals surface area (Å²) < 4.78 is 30.0. The van der Waals surface area contributed by atoms with Crippen LogP contribution >= 0.6 is 23.2 Å². The average molecular weight is 491 g/mol. The fourth-order valence-corrected chi connectivity index (χ4v) is 5.05. The van der Waals surface area contributed by atoms with Crippen LogP contribution in [-0.2, 0) is 23.1 Å². The van der Waals surface area contributed by atoms with E-state index in [4.69, 9.17) is 23.2 Å². The van der Waals surface area contributed by atoms with Crippen LogP contribution in [0.4, 0.5) is 0 Å². The number of rotatable bonds is 5. The number of benzene rings is 2. The Labute approximate surface area is 193 Å². The molecule has 4 aromatic rings. The number of halogens is 2. The molecular weight excluding hydrogens is 473 g/mol. The van der Waals surface area contributed by atoms with Crippen molar-refractivity contribution in [2.24, 2.45) is 0 Å². The minimum Gasteiger partial charge on any atom is -0.288 e. The highest BCUT2D eigenvalue weighted by Crippen LogP contribution is 2.19. The van der Waals surface area contributed by atoms with Crippen LogP contribution in [0.5, 0.6) is 0 Å². The van der Waals surface area contributed by atoms with Gasteiger partial charge in [-0.05, 0) is 55.5 Å². The zero-order valence-corrected chi connectivity index (χ0v) is 19.2. The van der Waals surface area contributed by atoms with Gasteiger partial charge in [-0.3, -0.25) is 9.36 Å². The molecule has 0 radical (unpaired) electrons. The van der Waals surface area contributed by atoms with Crippen molar-refractivity contribution in [3.05, 3.63) is 103 Å². The number of aromatic nitrogens is 3. The van der Waals surface area contributed by atoms with Gasteiger partial charge >= 0.3 is 5.69 Å². The maximum absolute atomic E-state index is 13.4. The molecular formula is C22H18Cl2N3O4S+. The van der Waals surface area contributed by atoms with E-state index in [2.05, 4.69) is 0 Å². The van der Waals surface area contributed by atoms with Crippen molar-refractivity contribution in [3.63, 3.8) is 0 Å². The van der Waals surface area contributed by atoms with E-state index in [0.29, 0.717) is 14.0 Å². The molecule has 10 heteroatoms. The molecule has 0 fully saturated rings. The summed E-state index contributed by atoms with van der Waals surface area (Å²) in [5.74, 6) is 0. The average Bonchev–Trinajstić information content (AvgIpc) is 2.77. The van der Waals surface area contributed by atoms with E-state index in [9.17, 15) is 18.0 Å². The van der Waals surface area contributed by atoms with Crippen LogP contribution in [0.1, 0.15) is 12.5 Å². The van der Waals surface area contributed by atoms with Crippen molar-refractivity contribution in [1.82, 2.24) is 8.54 Å².